The SMILES string of the molecule is C.CCCCCNCC(=O)Nc1ccc(C#Cc2ccc(C(=O)N[C@H](C(=O)NO)[C@@H](C)O)cc2)cc1. The van der Waals surface area contributed by atoms with Crippen LogP contribution in [0.25, 0.3) is 0 Å². The Morgan fingerprint density at radius 1 is 0.944 bits per heavy atom. The highest BCUT2D eigenvalue weighted by Gasteiger charge is 2.25. The van der Waals surface area contributed by atoms with Gasteiger partial charge in [0.05, 0.1) is 12.6 Å². The number of hydroxylamine groups is 1. The molecule has 9 nitrogen and oxygen atoms in total. The van der Waals surface area contributed by atoms with Crippen molar-refractivity contribution in [3.63, 3.8) is 0 Å². The summed E-state index contributed by atoms with van der Waals surface area (Å²) in [6, 6.07) is 12.3. The molecule has 6 N–H and O–H groups in total. The zero-order valence-corrected chi connectivity index (χ0v) is 19.9. The second-order valence-electron chi connectivity index (χ2n) is 8.00. The van der Waals surface area contributed by atoms with E-state index in [1.54, 1.807) is 36.4 Å². The minimum Gasteiger partial charge on any atom is -0.391 e. The lowest BCUT2D eigenvalue weighted by Gasteiger charge is -2.19. The van der Waals surface area contributed by atoms with Crippen LogP contribution in [-0.2, 0) is 9.59 Å². The maximum absolute atomic E-state index is 12.3. The van der Waals surface area contributed by atoms with E-state index in [4.69, 9.17) is 5.21 Å². The van der Waals surface area contributed by atoms with Crippen molar-refractivity contribution in [2.24, 2.45) is 0 Å². The smallest absolute Gasteiger partial charge is 0.268 e. The van der Waals surface area contributed by atoms with Crippen LogP contribution in [0.1, 0.15) is 62.0 Å². The van der Waals surface area contributed by atoms with Crippen LogP contribution < -0.4 is 21.4 Å². The Morgan fingerprint density at radius 2 is 1.53 bits per heavy atom. The second-order valence-corrected chi connectivity index (χ2v) is 8.00. The van der Waals surface area contributed by atoms with Gasteiger partial charge in [0.2, 0.25) is 5.91 Å². The van der Waals surface area contributed by atoms with Gasteiger partial charge in [-0.3, -0.25) is 19.6 Å². The highest BCUT2D eigenvalue weighted by atomic mass is 16.5. The van der Waals surface area contributed by atoms with Crippen LogP contribution >= 0.6 is 0 Å². The number of carbonyl (C=O) groups is 3. The minimum absolute atomic E-state index is 0. The van der Waals surface area contributed by atoms with Crippen LogP contribution in [0.4, 0.5) is 5.69 Å². The zero-order chi connectivity index (χ0) is 25.6. The van der Waals surface area contributed by atoms with Gasteiger partial charge in [0.25, 0.3) is 11.8 Å². The molecular formula is C27H36N4O5. The van der Waals surface area contributed by atoms with Crippen LogP contribution in [0.3, 0.4) is 0 Å². The zero-order valence-electron chi connectivity index (χ0n) is 19.9. The Morgan fingerprint density at radius 3 is 2.06 bits per heavy atom. The molecule has 36 heavy (non-hydrogen) atoms. The predicted octanol–water partition coefficient (Wildman–Crippen LogP) is 2.43. The molecule has 0 spiro atoms. The summed E-state index contributed by atoms with van der Waals surface area (Å²) >= 11 is 0. The van der Waals surface area contributed by atoms with Crippen LogP contribution in [0, 0.1) is 11.8 Å². The summed E-state index contributed by atoms with van der Waals surface area (Å²) in [6.45, 7) is 4.56. The van der Waals surface area contributed by atoms with Gasteiger partial charge < -0.3 is 21.1 Å². The van der Waals surface area contributed by atoms with E-state index in [9.17, 15) is 19.5 Å². The average Bonchev–Trinajstić information content (AvgIpc) is 2.86. The van der Waals surface area contributed by atoms with Gasteiger partial charge in [-0.15, -0.1) is 0 Å². The third-order valence-corrected chi connectivity index (χ3v) is 5.07. The highest BCUT2D eigenvalue weighted by Crippen LogP contribution is 2.10. The lowest BCUT2D eigenvalue weighted by atomic mass is 10.1. The molecular weight excluding hydrogens is 460 g/mol. The fraction of sp³-hybridized carbons (Fsp3) is 0.370. The molecule has 0 radical (unpaired) electrons. The van der Waals surface area contributed by atoms with Crippen LogP contribution in [0.15, 0.2) is 48.5 Å². The van der Waals surface area contributed by atoms with Gasteiger partial charge >= 0.3 is 0 Å². The Kier molecular flexibility index (Phi) is 13.5. The molecule has 194 valence electrons. The molecule has 3 amide bonds. The van der Waals surface area contributed by atoms with E-state index in [2.05, 4.69) is 34.7 Å². The van der Waals surface area contributed by atoms with Crippen molar-refractivity contribution in [3.8, 4) is 11.8 Å². The first-order valence-corrected chi connectivity index (χ1v) is 11.5. The molecule has 0 heterocycles. The Bertz CT molecular complexity index is 1040. The number of anilines is 1. The van der Waals surface area contributed by atoms with Crippen molar-refractivity contribution in [1.29, 1.82) is 0 Å². The summed E-state index contributed by atoms with van der Waals surface area (Å²) in [5.41, 5.74) is 3.81. The van der Waals surface area contributed by atoms with Gasteiger partial charge in [-0.2, -0.15) is 0 Å². The molecule has 9 heteroatoms. The number of aliphatic hydroxyl groups excluding tert-OH is 1. The van der Waals surface area contributed by atoms with E-state index in [-0.39, 0.29) is 25.4 Å². The van der Waals surface area contributed by atoms with Gasteiger partial charge in [-0.25, -0.2) is 5.48 Å². The maximum atomic E-state index is 12.3. The van der Waals surface area contributed by atoms with Crippen molar-refractivity contribution in [1.82, 2.24) is 16.1 Å². The van der Waals surface area contributed by atoms with E-state index in [1.807, 2.05) is 12.1 Å². The molecule has 0 aromatic heterocycles. The fourth-order valence-electron chi connectivity index (χ4n) is 3.09. The molecule has 2 aromatic carbocycles. The van der Waals surface area contributed by atoms with E-state index in [1.165, 1.54) is 12.4 Å². The number of hydrogen-bond acceptors (Lipinski definition) is 6. The van der Waals surface area contributed by atoms with Crippen molar-refractivity contribution < 1.29 is 24.7 Å². The Hall–Kier alpha value is -3.71. The summed E-state index contributed by atoms with van der Waals surface area (Å²) in [6.07, 6.45) is 2.15. The summed E-state index contributed by atoms with van der Waals surface area (Å²) < 4.78 is 0. The molecule has 0 unspecified atom stereocenters. The highest BCUT2D eigenvalue weighted by molar-refractivity contribution is 5.97. The molecule has 2 atom stereocenters. The van der Waals surface area contributed by atoms with Crippen molar-refractivity contribution in [2.45, 2.75) is 52.7 Å². The first-order chi connectivity index (χ1) is 16.8. The number of hydrogen-bond donors (Lipinski definition) is 6. The first kappa shape index (κ1) is 30.3. The number of benzene rings is 2. The van der Waals surface area contributed by atoms with Crippen molar-refractivity contribution in [3.05, 3.63) is 65.2 Å². The molecule has 0 aliphatic carbocycles. The van der Waals surface area contributed by atoms with E-state index in [0.717, 1.165) is 31.4 Å². The van der Waals surface area contributed by atoms with Crippen molar-refractivity contribution in [2.75, 3.05) is 18.4 Å². The molecule has 0 aliphatic heterocycles. The lowest BCUT2D eigenvalue weighted by molar-refractivity contribution is -0.133. The molecule has 0 saturated carbocycles. The Labute approximate surface area is 212 Å². The normalized spacial score (nSPS) is 11.7. The number of aliphatic hydroxyl groups is 1. The topological polar surface area (TPSA) is 140 Å². The lowest BCUT2D eigenvalue weighted by Crippen LogP contribution is -2.51. The summed E-state index contributed by atoms with van der Waals surface area (Å²) in [5.74, 6) is 4.44. The summed E-state index contributed by atoms with van der Waals surface area (Å²) in [5, 5.41) is 26.7. The molecule has 2 aromatic rings. The second kappa shape index (κ2) is 16.1. The van der Waals surface area contributed by atoms with Gasteiger partial charge in [0.1, 0.15) is 6.04 Å². The third-order valence-electron chi connectivity index (χ3n) is 5.07. The summed E-state index contributed by atoms with van der Waals surface area (Å²) in [4.78, 5) is 35.9. The minimum atomic E-state index is -1.29. The standard InChI is InChI=1S/C26H32N4O5.CH4/c1-3-4-5-16-27-17-23(32)28-22-14-10-20(11-15-22)7-6-19-8-12-21(13-9-19)25(33)29-24(18(2)31)26(34)30-35;/h8-15,18,24,27,31,35H,3-5,16-17H2,1-2H3,(H,28,32)(H,29,33)(H,30,34);1H4/t18-,24+;/m1./s1. The van der Waals surface area contributed by atoms with E-state index < -0.39 is 24.0 Å². The monoisotopic (exact) mass is 496 g/mol. The first-order valence-electron chi connectivity index (χ1n) is 11.5. The molecule has 0 aliphatic rings. The van der Waals surface area contributed by atoms with Crippen molar-refractivity contribution >= 4 is 23.4 Å². The Balaban J connectivity index is 0.00000648. The molecule has 0 fully saturated rings. The molecule has 2 rings (SSSR count). The largest absolute Gasteiger partial charge is 0.391 e. The molecule has 0 saturated heterocycles. The number of rotatable bonds is 11. The predicted molar refractivity (Wildman–Crippen MR) is 139 cm³/mol. The van der Waals surface area contributed by atoms with Crippen LogP contribution in [-0.4, -0.2) is 53.3 Å². The van der Waals surface area contributed by atoms with Crippen LogP contribution in [0.2, 0.25) is 0 Å². The van der Waals surface area contributed by atoms with E-state index >= 15 is 0 Å². The quantitative estimate of drug-likeness (QED) is 0.122. The van der Waals surface area contributed by atoms with Gasteiger partial charge in [0.15, 0.2) is 0 Å². The van der Waals surface area contributed by atoms with Crippen LogP contribution in [0.5, 0.6) is 0 Å². The van der Waals surface area contributed by atoms with Gasteiger partial charge in [0, 0.05) is 22.4 Å². The summed E-state index contributed by atoms with van der Waals surface area (Å²) in [7, 11) is 0. The van der Waals surface area contributed by atoms with Gasteiger partial charge in [-0.1, -0.05) is 39.0 Å². The number of nitrogens with one attached hydrogen (secondary N) is 4. The average molecular weight is 497 g/mol. The molecule has 0 bridgehead atoms. The van der Waals surface area contributed by atoms with E-state index in [0.29, 0.717) is 11.3 Å². The number of amides is 3. The maximum Gasteiger partial charge on any atom is 0.268 e. The number of unbranched alkanes of at least 4 members (excludes halogenated alkanes) is 2. The number of carbonyl (C=O) groups excluding carboxylic acids is 3. The van der Waals surface area contributed by atoms with Gasteiger partial charge in [-0.05, 0) is 68.4 Å². The third kappa shape index (κ3) is 10.3. The fourth-order valence-corrected chi connectivity index (χ4v) is 3.09.